The van der Waals surface area contributed by atoms with Crippen molar-refractivity contribution in [2.75, 3.05) is 13.7 Å². The maximum Gasteiger partial charge on any atom is 0.258 e. The van der Waals surface area contributed by atoms with E-state index in [4.69, 9.17) is 14.7 Å². The highest BCUT2D eigenvalue weighted by Gasteiger charge is 2.12. The van der Waals surface area contributed by atoms with Gasteiger partial charge in [-0.1, -0.05) is 12.1 Å². The molecule has 0 spiro atoms. The number of imidazole rings is 1. The van der Waals surface area contributed by atoms with Crippen LogP contribution < -0.4 is 14.8 Å². The minimum Gasteiger partial charge on any atom is -0.493 e. The molecule has 1 N–H and O–H groups in total. The van der Waals surface area contributed by atoms with Crippen LogP contribution >= 0.6 is 0 Å². The first-order valence-electron chi connectivity index (χ1n) is 8.69. The number of nitrogens with zero attached hydrogens (tertiary/aromatic N) is 3. The molecule has 3 rings (SSSR count). The highest BCUT2D eigenvalue weighted by atomic mass is 16.5. The fourth-order valence-electron chi connectivity index (χ4n) is 2.71. The predicted octanol–water partition coefficient (Wildman–Crippen LogP) is 3.01. The molecule has 0 radical (unpaired) electrons. The van der Waals surface area contributed by atoms with Crippen LogP contribution in [0.1, 0.15) is 24.1 Å². The van der Waals surface area contributed by atoms with Gasteiger partial charge in [0.2, 0.25) is 0 Å². The van der Waals surface area contributed by atoms with Gasteiger partial charge in [-0.05, 0) is 36.8 Å². The van der Waals surface area contributed by atoms with E-state index in [0.717, 1.165) is 11.3 Å². The van der Waals surface area contributed by atoms with Crippen molar-refractivity contribution in [1.29, 1.82) is 5.26 Å². The van der Waals surface area contributed by atoms with Crippen molar-refractivity contribution in [1.82, 2.24) is 14.9 Å². The molecule has 7 heteroatoms. The van der Waals surface area contributed by atoms with Gasteiger partial charge in [0.25, 0.3) is 5.91 Å². The zero-order valence-corrected chi connectivity index (χ0v) is 15.6. The van der Waals surface area contributed by atoms with E-state index < -0.39 is 0 Å². The lowest BCUT2D eigenvalue weighted by molar-refractivity contribution is -0.123. The van der Waals surface area contributed by atoms with Crippen molar-refractivity contribution in [2.24, 2.45) is 0 Å². The number of aromatic nitrogens is 2. The Morgan fingerprint density at radius 2 is 2.04 bits per heavy atom. The number of nitriles is 1. The number of methoxy groups -OCH3 is 1. The summed E-state index contributed by atoms with van der Waals surface area (Å²) in [5.74, 6) is 0.571. The number of ether oxygens (including phenoxy) is 2. The summed E-state index contributed by atoms with van der Waals surface area (Å²) >= 11 is 0. The lowest BCUT2D eigenvalue weighted by Gasteiger charge is -2.16. The number of amides is 1. The number of benzene rings is 2. The summed E-state index contributed by atoms with van der Waals surface area (Å²) in [6.07, 6.45) is 5.32. The van der Waals surface area contributed by atoms with E-state index in [2.05, 4.69) is 10.3 Å². The number of hydrogen-bond acceptors (Lipinski definition) is 5. The van der Waals surface area contributed by atoms with Crippen LogP contribution in [0.15, 0.2) is 61.2 Å². The van der Waals surface area contributed by atoms with Crippen LogP contribution in [0.5, 0.6) is 11.5 Å². The second kappa shape index (κ2) is 8.73. The molecule has 0 fully saturated rings. The summed E-state index contributed by atoms with van der Waals surface area (Å²) < 4.78 is 12.6. The quantitative estimate of drug-likeness (QED) is 0.685. The fourth-order valence-corrected chi connectivity index (χ4v) is 2.71. The first-order chi connectivity index (χ1) is 13.6. The lowest BCUT2D eigenvalue weighted by atomic mass is 10.1. The third kappa shape index (κ3) is 4.48. The Balaban J connectivity index is 1.57. The molecule has 0 saturated carbocycles. The lowest BCUT2D eigenvalue weighted by Crippen LogP contribution is -2.31. The summed E-state index contributed by atoms with van der Waals surface area (Å²) in [5, 5.41) is 11.8. The Labute approximate surface area is 163 Å². The zero-order chi connectivity index (χ0) is 19.9. The summed E-state index contributed by atoms with van der Waals surface area (Å²) in [6.45, 7) is 1.76. The van der Waals surface area contributed by atoms with E-state index in [1.165, 1.54) is 7.11 Å². The highest BCUT2D eigenvalue weighted by molar-refractivity contribution is 5.78. The number of rotatable bonds is 7. The fraction of sp³-hybridized carbons (Fsp3) is 0.190. The molecule has 1 aromatic heterocycles. The Bertz CT molecular complexity index is 976. The first-order valence-corrected chi connectivity index (χ1v) is 8.69. The van der Waals surface area contributed by atoms with Crippen molar-refractivity contribution in [3.63, 3.8) is 0 Å². The summed E-state index contributed by atoms with van der Waals surface area (Å²) in [6, 6.07) is 14.5. The van der Waals surface area contributed by atoms with Gasteiger partial charge >= 0.3 is 0 Å². The van der Waals surface area contributed by atoms with E-state index in [9.17, 15) is 4.79 Å². The Hall–Kier alpha value is -3.79. The topological polar surface area (TPSA) is 89.2 Å². The van der Waals surface area contributed by atoms with E-state index in [-0.39, 0.29) is 18.6 Å². The van der Waals surface area contributed by atoms with E-state index in [1.807, 2.05) is 48.0 Å². The van der Waals surface area contributed by atoms with Gasteiger partial charge in [-0.3, -0.25) is 4.79 Å². The monoisotopic (exact) mass is 376 g/mol. The minimum atomic E-state index is -0.252. The standard InChI is InChI=1S/C21H20N4O3/c1-15(17-4-6-18(7-5-17)25-10-9-23-14-25)24-21(26)13-28-19-8-3-16(12-22)11-20(19)27-2/h3-11,14-15H,13H2,1-2H3,(H,24,26)/t15-/m1/s1. The molecule has 0 aliphatic rings. The van der Waals surface area contributed by atoms with E-state index in [1.54, 1.807) is 30.7 Å². The van der Waals surface area contributed by atoms with Gasteiger partial charge in [0, 0.05) is 24.1 Å². The summed E-state index contributed by atoms with van der Waals surface area (Å²) in [7, 11) is 1.49. The molecule has 0 aliphatic carbocycles. The van der Waals surface area contributed by atoms with Crippen molar-refractivity contribution in [2.45, 2.75) is 13.0 Å². The average molecular weight is 376 g/mol. The van der Waals surface area contributed by atoms with Gasteiger partial charge in [-0.2, -0.15) is 5.26 Å². The van der Waals surface area contributed by atoms with Gasteiger partial charge < -0.3 is 19.4 Å². The van der Waals surface area contributed by atoms with Crippen LogP contribution in [0.25, 0.3) is 5.69 Å². The van der Waals surface area contributed by atoms with Crippen LogP contribution in [-0.2, 0) is 4.79 Å². The number of carbonyl (C=O) groups excluding carboxylic acids is 1. The third-order valence-corrected chi connectivity index (χ3v) is 4.22. The van der Waals surface area contributed by atoms with Crippen molar-refractivity contribution < 1.29 is 14.3 Å². The molecule has 142 valence electrons. The Morgan fingerprint density at radius 3 is 2.68 bits per heavy atom. The summed E-state index contributed by atoms with van der Waals surface area (Å²) in [4.78, 5) is 16.3. The smallest absolute Gasteiger partial charge is 0.258 e. The van der Waals surface area contributed by atoms with Gasteiger partial charge in [0.1, 0.15) is 0 Å². The molecule has 0 aliphatic heterocycles. The number of nitrogens with one attached hydrogen (secondary N) is 1. The summed E-state index contributed by atoms with van der Waals surface area (Å²) in [5.41, 5.74) is 2.44. The van der Waals surface area contributed by atoms with Gasteiger partial charge in [0.05, 0.1) is 31.1 Å². The average Bonchev–Trinajstić information content (AvgIpc) is 3.27. The van der Waals surface area contributed by atoms with Crippen LogP contribution in [-0.4, -0.2) is 29.2 Å². The van der Waals surface area contributed by atoms with Crippen molar-refractivity contribution in [3.05, 3.63) is 72.3 Å². The molecule has 28 heavy (non-hydrogen) atoms. The zero-order valence-electron chi connectivity index (χ0n) is 15.6. The largest absolute Gasteiger partial charge is 0.493 e. The van der Waals surface area contributed by atoms with E-state index in [0.29, 0.717) is 17.1 Å². The SMILES string of the molecule is COc1cc(C#N)ccc1OCC(=O)N[C@H](C)c1ccc(-n2ccnc2)cc1. The normalized spacial score (nSPS) is 11.3. The van der Waals surface area contributed by atoms with Crippen LogP contribution in [0, 0.1) is 11.3 Å². The Kier molecular flexibility index (Phi) is 5.92. The van der Waals surface area contributed by atoms with E-state index >= 15 is 0 Å². The minimum absolute atomic E-state index is 0.153. The maximum atomic E-state index is 12.2. The van der Waals surface area contributed by atoms with Crippen molar-refractivity contribution in [3.8, 4) is 23.3 Å². The predicted molar refractivity (Wildman–Crippen MR) is 103 cm³/mol. The second-order valence-corrected chi connectivity index (χ2v) is 6.12. The molecule has 1 heterocycles. The molecule has 2 aromatic carbocycles. The molecule has 0 bridgehead atoms. The third-order valence-electron chi connectivity index (χ3n) is 4.22. The molecule has 0 unspecified atom stereocenters. The molecule has 1 amide bonds. The molecule has 3 aromatic rings. The first kappa shape index (κ1) is 19.0. The maximum absolute atomic E-state index is 12.2. The second-order valence-electron chi connectivity index (χ2n) is 6.12. The molecule has 7 nitrogen and oxygen atoms in total. The van der Waals surface area contributed by atoms with Crippen LogP contribution in [0.3, 0.4) is 0 Å². The highest BCUT2D eigenvalue weighted by Crippen LogP contribution is 2.27. The molecular weight excluding hydrogens is 356 g/mol. The van der Waals surface area contributed by atoms with Crippen LogP contribution in [0.2, 0.25) is 0 Å². The van der Waals surface area contributed by atoms with Gasteiger partial charge in [-0.15, -0.1) is 0 Å². The molecule has 1 atom stereocenters. The molecule has 0 saturated heterocycles. The Morgan fingerprint density at radius 1 is 1.25 bits per heavy atom. The number of carbonyl (C=O) groups is 1. The number of hydrogen-bond donors (Lipinski definition) is 1. The van der Waals surface area contributed by atoms with Crippen LogP contribution in [0.4, 0.5) is 0 Å². The van der Waals surface area contributed by atoms with Gasteiger partial charge in [-0.25, -0.2) is 4.98 Å². The van der Waals surface area contributed by atoms with Crippen molar-refractivity contribution >= 4 is 5.91 Å². The molecular formula is C21H20N4O3. The van der Waals surface area contributed by atoms with Gasteiger partial charge in [0.15, 0.2) is 18.1 Å².